The van der Waals surface area contributed by atoms with Gasteiger partial charge in [-0.1, -0.05) is 121 Å². The number of hydrogen-bond donors (Lipinski definition) is 0. The normalized spacial score (nSPS) is 13.7. The van der Waals surface area contributed by atoms with Crippen molar-refractivity contribution in [2.45, 2.75) is 0 Å². The Labute approximate surface area is 194 Å². The Morgan fingerprint density at radius 3 is 1.06 bits per heavy atom. The Morgan fingerprint density at radius 1 is 0.333 bits per heavy atom. The summed E-state index contributed by atoms with van der Waals surface area (Å²) in [5.74, 6) is 0. The predicted octanol–water partition coefficient (Wildman–Crippen LogP) is 5.35. The lowest BCUT2D eigenvalue weighted by molar-refractivity contribution is 1.71. The summed E-state index contributed by atoms with van der Waals surface area (Å²) in [5.41, 5.74) is 2.79. The zero-order chi connectivity index (χ0) is 21.8. The lowest BCUT2D eigenvalue weighted by Crippen LogP contribution is -2.72. The van der Waals surface area contributed by atoms with E-state index in [-0.39, 0.29) is 0 Å². The average molecular weight is 435 g/mol. The maximum Gasteiger partial charge on any atom is 0.180 e. The molecular formula is C32H22Si. The lowest BCUT2D eigenvalue weighted by atomic mass is 9.99. The minimum Gasteiger partial charge on any atom is -0.0623 e. The van der Waals surface area contributed by atoms with E-state index < -0.39 is 8.07 Å². The van der Waals surface area contributed by atoms with Crippen molar-refractivity contribution >= 4 is 50.4 Å². The van der Waals surface area contributed by atoms with Crippen LogP contribution in [-0.4, -0.2) is 8.07 Å². The smallest absolute Gasteiger partial charge is 0.0623 e. The van der Waals surface area contributed by atoms with Crippen LogP contribution >= 0.6 is 0 Å². The van der Waals surface area contributed by atoms with Gasteiger partial charge in [0.05, 0.1) is 0 Å². The molecule has 0 amide bonds. The maximum absolute atomic E-state index is 2.49. The molecule has 0 bridgehead atoms. The highest BCUT2D eigenvalue weighted by molar-refractivity contribution is 7.22. The van der Waals surface area contributed by atoms with Crippen molar-refractivity contribution in [1.82, 2.24) is 0 Å². The van der Waals surface area contributed by atoms with Gasteiger partial charge >= 0.3 is 0 Å². The molecule has 0 saturated heterocycles. The van der Waals surface area contributed by atoms with Gasteiger partial charge in [0.25, 0.3) is 0 Å². The molecule has 0 unspecified atom stereocenters. The Hall–Kier alpha value is -3.94. The molecule has 0 spiro atoms. The summed E-state index contributed by atoms with van der Waals surface area (Å²) in [7, 11) is -2.46. The van der Waals surface area contributed by atoms with Crippen LogP contribution in [0, 0.1) is 0 Å². The molecule has 33 heavy (non-hydrogen) atoms. The van der Waals surface area contributed by atoms with Crippen LogP contribution in [0.4, 0.5) is 0 Å². The van der Waals surface area contributed by atoms with Crippen molar-refractivity contribution in [3.63, 3.8) is 0 Å². The maximum atomic E-state index is 2.49. The van der Waals surface area contributed by atoms with Gasteiger partial charge in [0.2, 0.25) is 0 Å². The summed E-state index contributed by atoms with van der Waals surface area (Å²) in [4.78, 5) is 0. The summed E-state index contributed by atoms with van der Waals surface area (Å²) in [6.45, 7) is 0. The van der Waals surface area contributed by atoms with Crippen molar-refractivity contribution in [3.8, 4) is 11.1 Å². The molecule has 6 aromatic carbocycles. The van der Waals surface area contributed by atoms with Gasteiger partial charge in [-0.05, 0) is 65.6 Å². The molecule has 7 rings (SSSR count). The van der Waals surface area contributed by atoms with Gasteiger partial charge in [-0.15, -0.1) is 0 Å². The van der Waals surface area contributed by atoms with Gasteiger partial charge in [0, 0.05) is 0 Å². The zero-order valence-electron chi connectivity index (χ0n) is 18.2. The van der Waals surface area contributed by atoms with Crippen molar-refractivity contribution in [1.29, 1.82) is 0 Å². The number of rotatable bonds is 2. The number of benzene rings is 6. The second kappa shape index (κ2) is 7.03. The molecule has 0 radical (unpaired) electrons. The third-order valence-electron chi connectivity index (χ3n) is 7.28. The highest BCUT2D eigenvalue weighted by Crippen LogP contribution is 2.34. The highest BCUT2D eigenvalue weighted by atomic mass is 28.3. The van der Waals surface area contributed by atoms with Gasteiger partial charge < -0.3 is 0 Å². The van der Waals surface area contributed by atoms with E-state index in [0.29, 0.717) is 0 Å². The third-order valence-corrected chi connectivity index (χ3v) is 12.1. The Balaban J connectivity index is 1.72. The van der Waals surface area contributed by atoms with E-state index in [1.807, 2.05) is 0 Å². The quantitative estimate of drug-likeness (QED) is 0.322. The first-order valence-corrected chi connectivity index (χ1v) is 13.5. The molecule has 0 nitrogen and oxygen atoms in total. The zero-order valence-corrected chi connectivity index (χ0v) is 19.2. The molecule has 0 saturated carbocycles. The van der Waals surface area contributed by atoms with E-state index in [0.717, 1.165) is 0 Å². The SMILES string of the molecule is c1ccc([Si]2(c3ccccc3)c3cc4ccccc4cc3-c3cc4ccccc4cc32)cc1. The summed E-state index contributed by atoms with van der Waals surface area (Å²) >= 11 is 0. The molecule has 0 atom stereocenters. The van der Waals surface area contributed by atoms with Crippen LogP contribution in [0.25, 0.3) is 32.7 Å². The summed E-state index contributed by atoms with van der Waals surface area (Å²) in [6.07, 6.45) is 0. The fraction of sp³-hybridized carbons (Fsp3) is 0. The lowest BCUT2D eigenvalue weighted by Gasteiger charge is -2.31. The molecule has 1 aliphatic heterocycles. The monoisotopic (exact) mass is 434 g/mol. The average Bonchev–Trinajstić information content (AvgIpc) is 3.16. The van der Waals surface area contributed by atoms with Crippen molar-refractivity contribution in [2.24, 2.45) is 0 Å². The fourth-order valence-electron chi connectivity index (χ4n) is 5.86. The van der Waals surface area contributed by atoms with Crippen LogP contribution in [0.1, 0.15) is 0 Å². The number of fused-ring (bicyclic) bond motifs is 5. The molecule has 1 aliphatic rings. The Kier molecular flexibility index (Phi) is 3.96. The highest BCUT2D eigenvalue weighted by Gasteiger charge is 2.48. The molecule has 1 heteroatoms. The van der Waals surface area contributed by atoms with E-state index in [9.17, 15) is 0 Å². The summed E-state index contributed by atoms with van der Waals surface area (Å²) < 4.78 is 0. The van der Waals surface area contributed by atoms with Crippen LogP contribution < -0.4 is 20.7 Å². The van der Waals surface area contributed by atoms with Crippen LogP contribution in [0.5, 0.6) is 0 Å². The third kappa shape index (κ3) is 2.57. The second-order valence-corrected chi connectivity index (χ2v) is 12.7. The molecule has 6 aromatic rings. The van der Waals surface area contributed by atoms with E-state index in [1.54, 1.807) is 0 Å². The van der Waals surface area contributed by atoms with E-state index >= 15 is 0 Å². The summed E-state index contributed by atoms with van der Waals surface area (Å²) in [6, 6.07) is 49.9. The van der Waals surface area contributed by atoms with Crippen LogP contribution in [0.3, 0.4) is 0 Å². The molecule has 0 aromatic heterocycles. The second-order valence-electron chi connectivity index (χ2n) is 8.97. The molecule has 0 fully saturated rings. The fourth-order valence-corrected chi connectivity index (χ4v) is 11.1. The van der Waals surface area contributed by atoms with Gasteiger partial charge in [0.15, 0.2) is 8.07 Å². The molecule has 0 N–H and O–H groups in total. The molecule has 154 valence electrons. The topological polar surface area (TPSA) is 0 Å². The van der Waals surface area contributed by atoms with Gasteiger partial charge in [-0.25, -0.2) is 0 Å². The minimum atomic E-state index is -2.46. The van der Waals surface area contributed by atoms with Crippen molar-refractivity contribution in [3.05, 3.63) is 133 Å². The van der Waals surface area contributed by atoms with E-state index in [4.69, 9.17) is 0 Å². The first kappa shape index (κ1) is 18.6. The van der Waals surface area contributed by atoms with Gasteiger partial charge in [0.1, 0.15) is 0 Å². The van der Waals surface area contributed by atoms with Gasteiger partial charge in [-0.2, -0.15) is 0 Å². The molecule has 1 heterocycles. The van der Waals surface area contributed by atoms with E-state index in [2.05, 4.69) is 133 Å². The number of hydrogen-bond acceptors (Lipinski definition) is 0. The van der Waals surface area contributed by atoms with Crippen LogP contribution in [0.2, 0.25) is 0 Å². The van der Waals surface area contributed by atoms with Crippen LogP contribution in [-0.2, 0) is 0 Å². The van der Waals surface area contributed by atoms with Crippen molar-refractivity contribution in [2.75, 3.05) is 0 Å². The summed E-state index contributed by atoms with van der Waals surface area (Å²) in [5, 5.41) is 11.1. The Morgan fingerprint density at radius 2 is 0.667 bits per heavy atom. The largest absolute Gasteiger partial charge is 0.180 e. The Bertz CT molecular complexity index is 1520. The minimum absolute atomic E-state index is 1.31. The predicted molar refractivity (Wildman–Crippen MR) is 144 cm³/mol. The first-order valence-electron chi connectivity index (χ1n) is 11.5. The van der Waals surface area contributed by atoms with Gasteiger partial charge in [-0.3, -0.25) is 0 Å². The van der Waals surface area contributed by atoms with Crippen molar-refractivity contribution < 1.29 is 0 Å². The van der Waals surface area contributed by atoms with Crippen LogP contribution in [0.15, 0.2) is 133 Å². The first-order chi connectivity index (χ1) is 16.4. The molecule has 0 aliphatic carbocycles. The van der Waals surface area contributed by atoms with E-state index in [1.165, 1.54) is 53.4 Å². The molecular weight excluding hydrogens is 412 g/mol. The standard InChI is InChI=1S/C32H22Si/c1-3-15-27(16-4-1)33(28-17-5-2-6-18-28)31-21-25-13-9-7-11-23(25)19-29(31)30-20-24-12-8-10-14-26(24)22-32(30)33/h1-22H.